The van der Waals surface area contributed by atoms with Crippen LogP contribution in [0.4, 0.5) is 0 Å². The fourth-order valence-electron chi connectivity index (χ4n) is 5.42. The summed E-state index contributed by atoms with van der Waals surface area (Å²) in [7, 11) is 0. The molecule has 2 aliphatic heterocycles. The van der Waals surface area contributed by atoms with Crippen LogP contribution < -0.4 is 5.32 Å². The fourth-order valence-corrected chi connectivity index (χ4v) is 5.82. The molecule has 3 aromatic rings. The van der Waals surface area contributed by atoms with Crippen LogP contribution in [0.5, 0.6) is 5.75 Å². The Balaban J connectivity index is 1.38. The van der Waals surface area contributed by atoms with Crippen molar-refractivity contribution in [3.63, 3.8) is 0 Å². The lowest BCUT2D eigenvalue weighted by atomic mass is 10.0. The number of likely N-dealkylation sites (tertiary alicyclic amines) is 2. The first-order chi connectivity index (χ1) is 18.7. The van der Waals surface area contributed by atoms with Crippen molar-refractivity contribution < 1.29 is 24.3 Å². The predicted molar refractivity (Wildman–Crippen MR) is 148 cm³/mol. The van der Waals surface area contributed by atoms with Gasteiger partial charge in [-0.25, -0.2) is 0 Å². The fraction of sp³-hybridized carbons (Fsp3) is 0.267. The van der Waals surface area contributed by atoms with Crippen LogP contribution in [0.2, 0.25) is 0 Å². The highest BCUT2D eigenvalue weighted by atomic mass is 79.9. The van der Waals surface area contributed by atoms with E-state index in [4.69, 9.17) is 0 Å². The number of aromatic hydroxyl groups is 1. The minimum atomic E-state index is -0.950. The number of phenolic OH excluding ortho intramolecular Hbond substituents is 1. The van der Waals surface area contributed by atoms with E-state index in [2.05, 4.69) is 21.2 Å². The summed E-state index contributed by atoms with van der Waals surface area (Å²) in [5.41, 5.74) is 2.59. The Bertz CT molecular complexity index is 1440. The van der Waals surface area contributed by atoms with Gasteiger partial charge >= 0.3 is 0 Å². The first-order valence-corrected chi connectivity index (χ1v) is 13.6. The standard InChI is InChI=1S/C30H28BrN3O5/c1-18-4-2-6-21(14-18)29(38)34-17-26(36)27-25(34)12-13-33(27)30(39)24(15-19-8-10-23(35)11-9-19)32-28(37)20-5-3-7-22(31)16-20/h2-11,14,16,24-25,27,35H,12-13,15,17H2,1H3,(H,32,37)/t24-,25?,27-/m0/s1. The molecule has 2 saturated heterocycles. The Morgan fingerprint density at radius 1 is 1.00 bits per heavy atom. The zero-order chi connectivity index (χ0) is 27.7. The number of hydrogen-bond donors (Lipinski definition) is 2. The number of nitrogens with one attached hydrogen (secondary N) is 1. The van der Waals surface area contributed by atoms with Crippen LogP contribution in [0, 0.1) is 6.92 Å². The van der Waals surface area contributed by atoms with Crippen LogP contribution in [-0.2, 0) is 16.0 Å². The van der Waals surface area contributed by atoms with Crippen LogP contribution >= 0.6 is 15.9 Å². The van der Waals surface area contributed by atoms with Gasteiger partial charge in [-0.05, 0) is 61.4 Å². The summed E-state index contributed by atoms with van der Waals surface area (Å²) in [6, 6.07) is 18.4. The number of amides is 3. The molecule has 2 N–H and O–H groups in total. The summed E-state index contributed by atoms with van der Waals surface area (Å²) in [5, 5.41) is 12.5. The molecule has 8 nitrogen and oxygen atoms in total. The third-order valence-electron chi connectivity index (χ3n) is 7.30. The molecule has 200 valence electrons. The quantitative estimate of drug-likeness (QED) is 0.457. The summed E-state index contributed by atoms with van der Waals surface area (Å²) in [6.45, 7) is 2.15. The van der Waals surface area contributed by atoms with Crippen molar-refractivity contribution in [1.82, 2.24) is 15.1 Å². The van der Waals surface area contributed by atoms with Crippen LogP contribution in [0.25, 0.3) is 0 Å². The maximum Gasteiger partial charge on any atom is 0.254 e. The van der Waals surface area contributed by atoms with Crippen molar-refractivity contribution in [2.45, 2.75) is 37.9 Å². The number of carbonyl (C=O) groups is 4. The van der Waals surface area contributed by atoms with Crippen LogP contribution in [0.1, 0.15) is 38.3 Å². The van der Waals surface area contributed by atoms with Gasteiger partial charge in [0.1, 0.15) is 17.8 Å². The molecular weight excluding hydrogens is 562 g/mol. The Labute approximate surface area is 234 Å². The molecule has 2 fully saturated rings. The Kier molecular flexibility index (Phi) is 7.52. The summed E-state index contributed by atoms with van der Waals surface area (Å²) in [6.07, 6.45) is 0.651. The zero-order valence-corrected chi connectivity index (χ0v) is 22.9. The summed E-state index contributed by atoms with van der Waals surface area (Å²) in [5.74, 6) is -1.11. The second kappa shape index (κ2) is 11.0. The van der Waals surface area contributed by atoms with Gasteiger partial charge in [-0.3, -0.25) is 19.2 Å². The minimum absolute atomic E-state index is 0.0566. The zero-order valence-electron chi connectivity index (χ0n) is 21.3. The van der Waals surface area contributed by atoms with Crippen molar-refractivity contribution in [3.05, 3.63) is 99.5 Å². The highest BCUT2D eigenvalue weighted by Gasteiger charge is 2.52. The highest BCUT2D eigenvalue weighted by molar-refractivity contribution is 9.10. The predicted octanol–water partition coefficient (Wildman–Crippen LogP) is 3.50. The van der Waals surface area contributed by atoms with E-state index in [1.165, 1.54) is 17.0 Å². The van der Waals surface area contributed by atoms with Gasteiger partial charge in [0.2, 0.25) is 5.91 Å². The molecule has 0 aliphatic carbocycles. The molecule has 1 unspecified atom stereocenters. The first kappa shape index (κ1) is 26.6. The van der Waals surface area contributed by atoms with E-state index in [0.29, 0.717) is 24.1 Å². The normalized spacial score (nSPS) is 19.1. The highest BCUT2D eigenvalue weighted by Crippen LogP contribution is 2.32. The molecule has 2 aliphatic rings. The number of benzene rings is 3. The third-order valence-corrected chi connectivity index (χ3v) is 7.79. The van der Waals surface area contributed by atoms with Gasteiger partial charge < -0.3 is 20.2 Å². The number of ketones is 1. The number of hydrogen-bond acceptors (Lipinski definition) is 5. The molecule has 0 aromatic heterocycles. The smallest absolute Gasteiger partial charge is 0.254 e. The number of halogens is 1. The molecule has 0 spiro atoms. The van der Waals surface area contributed by atoms with Crippen LogP contribution in [0.15, 0.2) is 77.3 Å². The maximum absolute atomic E-state index is 13.9. The van der Waals surface area contributed by atoms with Crippen molar-refractivity contribution in [1.29, 1.82) is 0 Å². The number of carbonyl (C=O) groups excluding carboxylic acids is 4. The maximum atomic E-state index is 13.9. The van der Waals surface area contributed by atoms with Crippen molar-refractivity contribution in [2.75, 3.05) is 13.1 Å². The van der Waals surface area contributed by atoms with E-state index in [9.17, 15) is 24.3 Å². The molecule has 9 heteroatoms. The monoisotopic (exact) mass is 589 g/mol. The average molecular weight is 590 g/mol. The van der Waals surface area contributed by atoms with Crippen LogP contribution in [0.3, 0.4) is 0 Å². The Morgan fingerprint density at radius 2 is 1.72 bits per heavy atom. The Hall–Kier alpha value is -3.98. The van der Waals surface area contributed by atoms with Crippen LogP contribution in [-0.4, -0.2) is 69.6 Å². The van der Waals surface area contributed by atoms with Crippen molar-refractivity contribution >= 4 is 39.4 Å². The minimum Gasteiger partial charge on any atom is -0.508 e. The van der Waals surface area contributed by atoms with Gasteiger partial charge in [0, 0.05) is 28.6 Å². The largest absolute Gasteiger partial charge is 0.508 e. The number of fused-ring (bicyclic) bond motifs is 1. The molecule has 0 saturated carbocycles. The van der Waals surface area contributed by atoms with Gasteiger partial charge in [-0.2, -0.15) is 0 Å². The number of rotatable bonds is 6. The van der Waals surface area contributed by atoms with E-state index in [0.717, 1.165) is 15.6 Å². The summed E-state index contributed by atoms with van der Waals surface area (Å²) in [4.78, 5) is 56.6. The lowest BCUT2D eigenvalue weighted by Gasteiger charge is -2.28. The van der Waals surface area contributed by atoms with E-state index in [1.54, 1.807) is 53.4 Å². The van der Waals surface area contributed by atoms with Gasteiger partial charge in [0.25, 0.3) is 11.8 Å². The summed E-state index contributed by atoms with van der Waals surface area (Å²) < 4.78 is 0.730. The van der Waals surface area contributed by atoms with Crippen molar-refractivity contribution in [3.8, 4) is 5.75 Å². The molecule has 0 radical (unpaired) electrons. The number of aryl methyl sites for hydroxylation is 1. The summed E-state index contributed by atoms with van der Waals surface area (Å²) >= 11 is 3.37. The van der Waals surface area contributed by atoms with E-state index >= 15 is 0 Å². The molecule has 3 atom stereocenters. The van der Waals surface area contributed by atoms with Gasteiger partial charge in [0.15, 0.2) is 5.78 Å². The molecule has 3 amide bonds. The van der Waals surface area contributed by atoms with Gasteiger partial charge in [-0.15, -0.1) is 0 Å². The second-order valence-electron chi connectivity index (χ2n) is 10.0. The number of nitrogens with zero attached hydrogens (tertiary/aromatic N) is 2. The molecule has 39 heavy (non-hydrogen) atoms. The third kappa shape index (κ3) is 5.59. The molecular formula is C30H28BrN3O5. The average Bonchev–Trinajstić information content (AvgIpc) is 3.50. The number of phenols is 1. The van der Waals surface area contributed by atoms with Gasteiger partial charge in [0.05, 0.1) is 12.6 Å². The van der Waals surface area contributed by atoms with Crippen molar-refractivity contribution in [2.24, 2.45) is 0 Å². The lowest BCUT2D eigenvalue weighted by Crippen LogP contribution is -2.53. The molecule has 3 aromatic carbocycles. The topological polar surface area (TPSA) is 107 Å². The second-order valence-corrected chi connectivity index (χ2v) is 10.9. The van der Waals surface area contributed by atoms with E-state index < -0.39 is 24.0 Å². The first-order valence-electron chi connectivity index (χ1n) is 12.8. The molecule has 0 bridgehead atoms. The lowest BCUT2D eigenvalue weighted by molar-refractivity contribution is -0.138. The van der Waals surface area contributed by atoms with E-state index in [1.807, 2.05) is 19.1 Å². The molecule has 2 heterocycles. The number of Topliss-reactive ketones (excluding diaryl/α,β-unsaturated/α-hetero) is 1. The molecule has 5 rings (SSSR count). The SMILES string of the molecule is Cc1cccc(C(=O)N2CC(=O)[C@@H]3C2CCN3C(=O)[C@H](Cc2ccc(O)cc2)NC(=O)c2cccc(Br)c2)c1. The van der Waals surface area contributed by atoms with Gasteiger partial charge in [-0.1, -0.05) is 51.8 Å². The Morgan fingerprint density at radius 3 is 2.44 bits per heavy atom. The van der Waals surface area contributed by atoms with E-state index in [-0.39, 0.29) is 36.3 Å².